The Kier molecular flexibility index (Phi) is 5.62. The average Bonchev–Trinajstić information content (AvgIpc) is 2.50. The van der Waals surface area contributed by atoms with Gasteiger partial charge in [0.15, 0.2) is 0 Å². The molecule has 0 radical (unpaired) electrons. The summed E-state index contributed by atoms with van der Waals surface area (Å²) in [6.45, 7) is 0. The van der Waals surface area contributed by atoms with Crippen molar-refractivity contribution < 1.29 is 9.59 Å². The average molecular weight is 368 g/mol. The summed E-state index contributed by atoms with van der Waals surface area (Å²) in [5, 5.41) is 12.4. The van der Waals surface area contributed by atoms with Crippen molar-refractivity contribution in [1.82, 2.24) is 0 Å². The molecule has 0 saturated carbocycles. The van der Waals surface area contributed by atoms with Crippen LogP contribution in [0.5, 0.6) is 0 Å². The van der Waals surface area contributed by atoms with Crippen molar-refractivity contribution in [2.75, 3.05) is 5.32 Å². The number of carbonyl (C=O) groups excluding carboxylic acids is 2. The Morgan fingerprint density at radius 1 is 1.04 bits per heavy atom. The van der Waals surface area contributed by atoms with Crippen LogP contribution in [-0.4, -0.2) is 11.7 Å². The van der Waals surface area contributed by atoms with Crippen molar-refractivity contribution >= 4 is 52.2 Å². The van der Waals surface area contributed by atoms with E-state index in [2.05, 4.69) is 5.32 Å². The van der Waals surface area contributed by atoms with Crippen LogP contribution in [0.3, 0.4) is 0 Å². The summed E-state index contributed by atoms with van der Waals surface area (Å²) in [6.07, 6.45) is 0. The van der Waals surface area contributed by atoms with E-state index in [1.165, 1.54) is 18.2 Å². The lowest BCUT2D eigenvalue weighted by atomic mass is 9.95. The van der Waals surface area contributed by atoms with Crippen LogP contribution < -0.4 is 5.32 Å². The van der Waals surface area contributed by atoms with E-state index in [1.54, 1.807) is 30.3 Å². The number of amides is 1. The summed E-state index contributed by atoms with van der Waals surface area (Å²) in [6, 6.07) is 12.6. The highest BCUT2D eigenvalue weighted by atomic mass is 35.5. The van der Waals surface area contributed by atoms with Crippen LogP contribution in [-0.2, 0) is 9.59 Å². The number of hydrogen-bond donors (Lipinski definition) is 1. The van der Waals surface area contributed by atoms with Gasteiger partial charge >= 0.3 is 0 Å². The molecule has 0 unspecified atom stereocenters. The largest absolute Gasteiger partial charge is 0.319 e. The zero-order chi connectivity index (χ0) is 17.0. The van der Waals surface area contributed by atoms with Gasteiger partial charge < -0.3 is 5.32 Å². The first-order valence-electron chi connectivity index (χ1n) is 6.38. The topological polar surface area (TPSA) is 70.0 Å². The first-order valence-corrected chi connectivity index (χ1v) is 7.51. The molecule has 0 fully saturated rings. The molecule has 2 rings (SSSR count). The summed E-state index contributed by atoms with van der Waals surface area (Å²) < 4.78 is 0. The van der Waals surface area contributed by atoms with E-state index in [0.717, 1.165) is 0 Å². The predicted molar refractivity (Wildman–Crippen MR) is 89.9 cm³/mol. The maximum absolute atomic E-state index is 12.3. The molecular weight excluding hydrogens is 359 g/mol. The second-order valence-electron chi connectivity index (χ2n) is 4.53. The molecule has 0 aliphatic heterocycles. The first kappa shape index (κ1) is 17.3. The fourth-order valence-corrected chi connectivity index (χ4v) is 2.74. The lowest BCUT2D eigenvalue weighted by Crippen LogP contribution is -2.28. The van der Waals surface area contributed by atoms with E-state index >= 15 is 0 Å². The van der Waals surface area contributed by atoms with Crippen molar-refractivity contribution in [1.29, 1.82) is 5.26 Å². The molecule has 116 valence electrons. The molecular formula is C16H9Cl3N2O2. The van der Waals surface area contributed by atoms with Crippen LogP contribution in [0, 0.1) is 11.3 Å². The Morgan fingerprint density at radius 2 is 1.65 bits per heavy atom. The fourth-order valence-electron chi connectivity index (χ4n) is 1.93. The number of anilines is 1. The van der Waals surface area contributed by atoms with E-state index in [-0.39, 0.29) is 15.6 Å². The number of halogens is 3. The molecule has 4 nitrogen and oxygen atoms in total. The second-order valence-corrected chi connectivity index (χ2v) is 5.78. The van der Waals surface area contributed by atoms with Gasteiger partial charge in [-0.1, -0.05) is 46.9 Å². The third-order valence-electron chi connectivity index (χ3n) is 2.99. The highest BCUT2D eigenvalue weighted by Crippen LogP contribution is 2.32. The standard InChI is InChI=1S/C16H9Cl3N2O2/c17-9-3-1-4-10(7-9)21-16(23)15(22)11(8-20)14-12(18)5-2-6-13(14)19/h1-7,11H,(H,21,23)/t11-/m1/s1. The lowest BCUT2D eigenvalue weighted by Gasteiger charge is -2.12. The summed E-state index contributed by atoms with van der Waals surface area (Å²) in [5.41, 5.74) is 0.461. The molecule has 23 heavy (non-hydrogen) atoms. The number of ketones is 1. The van der Waals surface area contributed by atoms with Crippen LogP contribution in [0.4, 0.5) is 5.69 Å². The van der Waals surface area contributed by atoms with E-state index in [1.807, 2.05) is 0 Å². The van der Waals surface area contributed by atoms with Gasteiger partial charge in [0, 0.05) is 26.3 Å². The fraction of sp³-hybridized carbons (Fsp3) is 0.0625. The maximum atomic E-state index is 12.3. The normalized spacial score (nSPS) is 11.4. The van der Waals surface area contributed by atoms with Crippen molar-refractivity contribution in [2.45, 2.75) is 5.92 Å². The van der Waals surface area contributed by atoms with E-state index in [0.29, 0.717) is 10.7 Å². The first-order chi connectivity index (χ1) is 10.9. The van der Waals surface area contributed by atoms with Crippen molar-refractivity contribution in [3.8, 4) is 6.07 Å². The van der Waals surface area contributed by atoms with Gasteiger partial charge in [0.1, 0.15) is 5.92 Å². The van der Waals surface area contributed by atoms with Crippen LogP contribution in [0.1, 0.15) is 11.5 Å². The van der Waals surface area contributed by atoms with Crippen LogP contribution in [0.15, 0.2) is 42.5 Å². The molecule has 2 aromatic carbocycles. The third kappa shape index (κ3) is 4.02. The van der Waals surface area contributed by atoms with Gasteiger partial charge in [-0.25, -0.2) is 0 Å². The minimum absolute atomic E-state index is 0.115. The number of rotatable bonds is 4. The number of nitriles is 1. The maximum Gasteiger partial charge on any atom is 0.293 e. The minimum atomic E-state index is -1.39. The smallest absolute Gasteiger partial charge is 0.293 e. The van der Waals surface area contributed by atoms with Gasteiger partial charge in [0.25, 0.3) is 5.91 Å². The molecule has 7 heteroatoms. The molecule has 0 bridgehead atoms. The molecule has 0 heterocycles. The summed E-state index contributed by atoms with van der Waals surface area (Å²) in [5.74, 6) is -3.30. The third-order valence-corrected chi connectivity index (χ3v) is 3.88. The Balaban J connectivity index is 2.27. The van der Waals surface area contributed by atoms with Crippen molar-refractivity contribution in [2.24, 2.45) is 0 Å². The van der Waals surface area contributed by atoms with Gasteiger partial charge in [0.05, 0.1) is 6.07 Å². The van der Waals surface area contributed by atoms with Gasteiger partial charge in [0.2, 0.25) is 5.78 Å². The molecule has 0 aromatic heterocycles. The number of benzene rings is 2. The van der Waals surface area contributed by atoms with Gasteiger partial charge in [-0.3, -0.25) is 9.59 Å². The Hall–Kier alpha value is -2.06. The van der Waals surface area contributed by atoms with Gasteiger partial charge in [-0.2, -0.15) is 5.26 Å². The summed E-state index contributed by atoms with van der Waals surface area (Å²) >= 11 is 17.8. The Labute approximate surface area is 147 Å². The van der Waals surface area contributed by atoms with E-state index < -0.39 is 17.6 Å². The zero-order valence-electron chi connectivity index (χ0n) is 11.5. The molecule has 1 N–H and O–H groups in total. The lowest BCUT2D eigenvalue weighted by molar-refractivity contribution is -0.135. The van der Waals surface area contributed by atoms with Gasteiger partial charge in [-0.15, -0.1) is 0 Å². The SMILES string of the molecule is N#C[C@@H](C(=O)C(=O)Nc1cccc(Cl)c1)c1c(Cl)cccc1Cl. The van der Waals surface area contributed by atoms with Crippen molar-refractivity contribution in [3.63, 3.8) is 0 Å². The quantitative estimate of drug-likeness (QED) is 0.811. The summed E-state index contributed by atoms with van der Waals surface area (Å²) in [7, 11) is 0. The van der Waals surface area contributed by atoms with Crippen LogP contribution >= 0.6 is 34.8 Å². The number of hydrogen-bond acceptors (Lipinski definition) is 3. The number of nitrogens with zero attached hydrogens (tertiary/aromatic N) is 1. The molecule has 0 aliphatic carbocycles. The highest BCUT2D eigenvalue weighted by Gasteiger charge is 2.30. The minimum Gasteiger partial charge on any atom is -0.319 e. The second kappa shape index (κ2) is 7.47. The summed E-state index contributed by atoms with van der Waals surface area (Å²) in [4.78, 5) is 24.4. The number of carbonyl (C=O) groups is 2. The zero-order valence-corrected chi connectivity index (χ0v) is 13.8. The highest BCUT2D eigenvalue weighted by molar-refractivity contribution is 6.45. The number of Topliss-reactive ketones (excluding diaryl/α,β-unsaturated/α-hetero) is 1. The molecule has 0 saturated heterocycles. The van der Waals surface area contributed by atoms with Crippen LogP contribution in [0.25, 0.3) is 0 Å². The molecule has 0 aliphatic rings. The number of nitrogens with one attached hydrogen (secondary N) is 1. The Bertz CT molecular complexity index is 795. The van der Waals surface area contributed by atoms with Crippen LogP contribution in [0.2, 0.25) is 15.1 Å². The molecule has 2 aromatic rings. The van der Waals surface area contributed by atoms with E-state index in [9.17, 15) is 14.9 Å². The van der Waals surface area contributed by atoms with Crippen molar-refractivity contribution in [3.05, 3.63) is 63.1 Å². The molecule has 0 spiro atoms. The Morgan fingerprint density at radius 3 is 2.22 bits per heavy atom. The van der Waals surface area contributed by atoms with E-state index in [4.69, 9.17) is 34.8 Å². The van der Waals surface area contributed by atoms with Gasteiger partial charge in [-0.05, 0) is 30.3 Å². The monoisotopic (exact) mass is 366 g/mol. The predicted octanol–water partition coefficient (Wildman–Crippen LogP) is 4.46. The molecule has 1 amide bonds. The molecule has 1 atom stereocenters.